The van der Waals surface area contributed by atoms with E-state index in [1.54, 1.807) is 11.8 Å². The van der Waals surface area contributed by atoms with Crippen LogP contribution in [0.1, 0.15) is 36.3 Å². The van der Waals surface area contributed by atoms with E-state index in [-0.39, 0.29) is 36.9 Å². The number of esters is 1. The molecule has 2 N–H and O–H groups in total. The summed E-state index contributed by atoms with van der Waals surface area (Å²) < 4.78 is 5.07. The van der Waals surface area contributed by atoms with Crippen LogP contribution in [0.4, 0.5) is 0 Å². The summed E-state index contributed by atoms with van der Waals surface area (Å²) in [6, 6.07) is 7.36. The van der Waals surface area contributed by atoms with E-state index in [0.717, 1.165) is 17.3 Å². The molecule has 134 valence electrons. The number of carbonyl (C=O) groups excluding carboxylic acids is 2. The van der Waals surface area contributed by atoms with Crippen molar-refractivity contribution in [3.63, 3.8) is 0 Å². The summed E-state index contributed by atoms with van der Waals surface area (Å²) in [5.74, 6) is -0.263. The molecule has 6 heteroatoms. The van der Waals surface area contributed by atoms with E-state index in [4.69, 9.17) is 4.74 Å². The molecule has 1 aromatic heterocycles. The Balaban J connectivity index is 2.00. The Hall–Kier alpha value is -2.34. The molecule has 25 heavy (non-hydrogen) atoms. The minimum absolute atomic E-state index is 0.0477. The third-order valence-electron chi connectivity index (χ3n) is 4.98. The van der Waals surface area contributed by atoms with Gasteiger partial charge in [0.25, 0.3) is 5.91 Å². The molecule has 2 heterocycles. The van der Waals surface area contributed by atoms with Gasteiger partial charge < -0.3 is 19.7 Å². The number of H-pyrrole nitrogens is 1. The highest BCUT2D eigenvalue weighted by Gasteiger charge is 2.36. The highest BCUT2D eigenvalue weighted by molar-refractivity contribution is 6.02. The van der Waals surface area contributed by atoms with E-state index in [0.29, 0.717) is 24.4 Å². The van der Waals surface area contributed by atoms with Crippen LogP contribution >= 0.6 is 0 Å². The monoisotopic (exact) mass is 344 g/mol. The zero-order valence-corrected chi connectivity index (χ0v) is 14.6. The number of rotatable bonds is 5. The molecular formula is C19H24N2O4. The van der Waals surface area contributed by atoms with Crippen molar-refractivity contribution in [2.75, 3.05) is 19.8 Å². The first kappa shape index (κ1) is 17.5. The second kappa shape index (κ2) is 7.27. The maximum Gasteiger partial charge on any atom is 0.310 e. The number of aromatic amines is 1. The summed E-state index contributed by atoms with van der Waals surface area (Å²) in [5, 5.41) is 10.5. The molecule has 1 amide bonds. The van der Waals surface area contributed by atoms with E-state index < -0.39 is 0 Å². The van der Waals surface area contributed by atoms with E-state index >= 15 is 0 Å². The van der Waals surface area contributed by atoms with Crippen LogP contribution in [0.2, 0.25) is 0 Å². The number of aliphatic hydroxyl groups is 1. The summed E-state index contributed by atoms with van der Waals surface area (Å²) in [6.45, 7) is 4.66. The molecule has 0 bridgehead atoms. The number of aliphatic hydroxyl groups excluding tert-OH is 1. The average molecular weight is 344 g/mol. The number of nitrogens with one attached hydrogen (secondary N) is 1. The summed E-state index contributed by atoms with van der Waals surface area (Å²) >= 11 is 0. The van der Waals surface area contributed by atoms with Gasteiger partial charge in [0, 0.05) is 23.0 Å². The van der Waals surface area contributed by atoms with Crippen LogP contribution in [0.15, 0.2) is 24.3 Å². The number of fused-ring (bicyclic) bond motifs is 1. The van der Waals surface area contributed by atoms with Crippen LogP contribution in [-0.4, -0.2) is 52.7 Å². The number of nitrogens with zero attached hydrogens (tertiary/aromatic N) is 1. The zero-order chi connectivity index (χ0) is 18.0. The highest BCUT2D eigenvalue weighted by Crippen LogP contribution is 2.29. The Labute approximate surface area is 146 Å². The van der Waals surface area contributed by atoms with E-state index in [1.807, 2.05) is 31.2 Å². The molecule has 6 nitrogen and oxygen atoms in total. The number of aromatic nitrogens is 1. The quantitative estimate of drug-likeness (QED) is 0.814. The predicted octanol–water partition coefficient (Wildman–Crippen LogP) is 2.12. The van der Waals surface area contributed by atoms with Crippen molar-refractivity contribution >= 4 is 22.8 Å². The fourth-order valence-corrected chi connectivity index (χ4v) is 3.60. The van der Waals surface area contributed by atoms with Gasteiger partial charge >= 0.3 is 5.97 Å². The number of hydrogen-bond donors (Lipinski definition) is 2. The summed E-state index contributed by atoms with van der Waals surface area (Å²) in [6.07, 6.45) is 0.913. The van der Waals surface area contributed by atoms with Crippen molar-refractivity contribution in [3.8, 4) is 0 Å². The number of amides is 1. The normalized spacial score (nSPS) is 20.2. The molecule has 0 saturated carbocycles. The second-order valence-corrected chi connectivity index (χ2v) is 6.52. The topological polar surface area (TPSA) is 82.6 Å². The molecule has 1 aromatic carbocycles. The van der Waals surface area contributed by atoms with Crippen LogP contribution in [-0.2, 0) is 16.0 Å². The van der Waals surface area contributed by atoms with Crippen molar-refractivity contribution in [2.45, 2.75) is 32.7 Å². The maximum atomic E-state index is 13.1. The molecule has 0 unspecified atom stereocenters. The Bertz CT molecular complexity index is 783. The van der Waals surface area contributed by atoms with Crippen molar-refractivity contribution in [3.05, 3.63) is 35.5 Å². The minimum atomic E-state index is -0.352. The second-order valence-electron chi connectivity index (χ2n) is 6.52. The van der Waals surface area contributed by atoms with Crippen LogP contribution in [0.25, 0.3) is 10.9 Å². The summed E-state index contributed by atoms with van der Waals surface area (Å²) in [5.41, 5.74) is 1.90. The SMILES string of the molecule is CCOC(=O)Cc1c(C(=O)N2CC[C@@H](C)[C@@H]2CO)[nH]c2ccccc12. The maximum absolute atomic E-state index is 13.1. The number of benzene rings is 1. The molecule has 1 saturated heterocycles. The number of likely N-dealkylation sites (tertiary alicyclic amines) is 1. The fraction of sp³-hybridized carbons (Fsp3) is 0.474. The van der Waals surface area contributed by atoms with Gasteiger partial charge in [0.05, 0.1) is 25.7 Å². The Morgan fingerprint density at radius 1 is 1.36 bits per heavy atom. The van der Waals surface area contributed by atoms with Crippen LogP contribution in [0.3, 0.4) is 0 Å². The van der Waals surface area contributed by atoms with Crippen LogP contribution < -0.4 is 0 Å². The molecule has 0 aliphatic carbocycles. The molecular weight excluding hydrogens is 320 g/mol. The van der Waals surface area contributed by atoms with E-state index in [2.05, 4.69) is 4.98 Å². The van der Waals surface area contributed by atoms with Crippen LogP contribution in [0, 0.1) is 5.92 Å². The van der Waals surface area contributed by atoms with Gasteiger partial charge in [-0.1, -0.05) is 25.1 Å². The lowest BCUT2D eigenvalue weighted by molar-refractivity contribution is -0.142. The number of ether oxygens (including phenoxy) is 1. The van der Waals surface area contributed by atoms with Gasteiger partial charge in [-0.2, -0.15) is 0 Å². The lowest BCUT2D eigenvalue weighted by Gasteiger charge is -2.25. The zero-order valence-electron chi connectivity index (χ0n) is 14.6. The third kappa shape index (κ3) is 3.26. The molecule has 1 aliphatic heterocycles. The van der Waals surface area contributed by atoms with Gasteiger partial charge in [0.15, 0.2) is 0 Å². The van der Waals surface area contributed by atoms with Gasteiger partial charge in [0.1, 0.15) is 5.69 Å². The Morgan fingerprint density at radius 3 is 2.84 bits per heavy atom. The molecule has 3 rings (SSSR count). The molecule has 2 atom stereocenters. The lowest BCUT2D eigenvalue weighted by Crippen LogP contribution is -2.40. The first-order valence-corrected chi connectivity index (χ1v) is 8.73. The number of para-hydroxylation sites is 1. The predicted molar refractivity (Wildman–Crippen MR) is 94.3 cm³/mol. The number of hydrogen-bond acceptors (Lipinski definition) is 4. The Morgan fingerprint density at radius 2 is 2.12 bits per heavy atom. The van der Waals surface area contributed by atoms with Crippen molar-refractivity contribution < 1.29 is 19.4 Å². The van der Waals surface area contributed by atoms with Gasteiger partial charge in [0.2, 0.25) is 0 Å². The summed E-state index contributed by atoms with van der Waals surface area (Å²) in [7, 11) is 0. The van der Waals surface area contributed by atoms with Gasteiger partial charge in [-0.15, -0.1) is 0 Å². The minimum Gasteiger partial charge on any atom is -0.466 e. The Kier molecular flexibility index (Phi) is 5.08. The smallest absolute Gasteiger partial charge is 0.310 e. The van der Waals surface area contributed by atoms with Gasteiger partial charge in [-0.05, 0) is 25.3 Å². The number of carbonyl (C=O) groups is 2. The summed E-state index contributed by atoms with van der Waals surface area (Å²) in [4.78, 5) is 30.0. The van der Waals surface area contributed by atoms with Crippen molar-refractivity contribution in [1.29, 1.82) is 0 Å². The molecule has 0 spiro atoms. The first-order valence-electron chi connectivity index (χ1n) is 8.73. The fourth-order valence-electron chi connectivity index (χ4n) is 3.60. The van der Waals surface area contributed by atoms with Gasteiger partial charge in [-0.3, -0.25) is 9.59 Å². The highest BCUT2D eigenvalue weighted by atomic mass is 16.5. The molecule has 1 aliphatic rings. The molecule has 2 aromatic rings. The van der Waals surface area contributed by atoms with Crippen molar-refractivity contribution in [2.24, 2.45) is 5.92 Å². The van der Waals surface area contributed by atoms with Gasteiger partial charge in [-0.25, -0.2) is 0 Å². The standard InChI is InChI=1S/C19H24N2O4/c1-3-25-17(23)10-14-13-6-4-5-7-15(13)20-18(14)19(24)21-9-8-12(2)16(21)11-22/h4-7,12,16,20,22H,3,8-11H2,1-2H3/t12-,16+/m1/s1. The van der Waals surface area contributed by atoms with E-state index in [1.165, 1.54) is 0 Å². The largest absolute Gasteiger partial charge is 0.466 e. The molecule has 0 radical (unpaired) electrons. The first-order chi connectivity index (χ1) is 12.1. The third-order valence-corrected chi connectivity index (χ3v) is 4.98. The van der Waals surface area contributed by atoms with Crippen LogP contribution in [0.5, 0.6) is 0 Å². The molecule has 1 fully saturated rings. The van der Waals surface area contributed by atoms with Crippen molar-refractivity contribution in [1.82, 2.24) is 9.88 Å². The van der Waals surface area contributed by atoms with E-state index in [9.17, 15) is 14.7 Å². The lowest BCUT2D eigenvalue weighted by atomic mass is 10.0. The average Bonchev–Trinajstić information content (AvgIpc) is 3.15.